The monoisotopic (exact) mass is 277 g/mol. The summed E-state index contributed by atoms with van der Waals surface area (Å²) in [7, 11) is 3.75. The third kappa shape index (κ3) is 10.0. The maximum atomic E-state index is 5.71. The molecule has 4 nitrogen and oxygen atoms in total. The van der Waals surface area contributed by atoms with Gasteiger partial charge in [0.25, 0.3) is 0 Å². The molecule has 110 valence electrons. The molecule has 0 bridgehead atoms. The lowest BCUT2D eigenvalue weighted by molar-refractivity contribution is -0.163. The van der Waals surface area contributed by atoms with Crippen molar-refractivity contribution in [1.82, 2.24) is 4.90 Å². The fourth-order valence-electron chi connectivity index (χ4n) is 1.88. The molecule has 0 saturated heterocycles. The second kappa shape index (κ2) is 10.9. The van der Waals surface area contributed by atoms with E-state index >= 15 is 0 Å². The molecule has 0 aliphatic heterocycles. The van der Waals surface area contributed by atoms with E-state index in [0.29, 0.717) is 13.2 Å². The van der Waals surface area contributed by atoms with Crippen LogP contribution in [0.25, 0.3) is 0 Å². The molecular weight excluding hydrogens is 246 g/mol. The van der Waals surface area contributed by atoms with Crippen molar-refractivity contribution in [3.8, 4) is 0 Å². The van der Waals surface area contributed by atoms with Crippen LogP contribution in [0.1, 0.15) is 27.2 Å². The molecule has 0 amide bonds. The molecule has 0 saturated carbocycles. The Hall–Kier alpha value is 0.0569. The van der Waals surface area contributed by atoms with E-state index in [1.165, 1.54) is 0 Å². The molecular formula is C13H31NO3Si. The minimum Gasteiger partial charge on any atom is -0.382 e. The van der Waals surface area contributed by atoms with Gasteiger partial charge in [-0.2, -0.15) is 0 Å². The van der Waals surface area contributed by atoms with E-state index in [1.54, 1.807) is 0 Å². The van der Waals surface area contributed by atoms with Crippen molar-refractivity contribution in [2.24, 2.45) is 0 Å². The lowest BCUT2D eigenvalue weighted by atomic mass is 10.4. The van der Waals surface area contributed by atoms with E-state index in [4.69, 9.17) is 14.2 Å². The SMILES string of the molecule is CCOC(C)(OCC)[SiH2]CCOCCCN(C)C. The van der Waals surface area contributed by atoms with E-state index in [-0.39, 0.29) is 5.41 Å². The summed E-state index contributed by atoms with van der Waals surface area (Å²) in [4.78, 5) is 2.18. The molecule has 0 rings (SSSR count). The van der Waals surface area contributed by atoms with Gasteiger partial charge in [0.1, 0.15) is 5.41 Å². The Bertz CT molecular complexity index is 185. The summed E-state index contributed by atoms with van der Waals surface area (Å²) in [5, 5.41) is 0. The first kappa shape index (κ1) is 18.1. The highest BCUT2D eigenvalue weighted by Gasteiger charge is 2.24. The van der Waals surface area contributed by atoms with Crippen molar-refractivity contribution in [2.45, 2.75) is 38.6 Å². The fraction of sp³-hybridized carbons (Fsp3) is 1.00. The molecule has 0 fully saturated rings. The number of hydrogen-bond acceptors (Lipinski definition) is 4. The third-order valence-electron chi connectivity index (χ3n) is 2.71. The van der Waals surface area contributed by atoms with Gasteiger partial charge in [0.15, 0.2) is 0 Å². The molecule has 0 aliphatic rings. The Morgan fingerprint density at radius 1 is 1.06 bits per heavy atom. The molecule has 0 atom stereocenters. The van der Waals surface area contributed by atoms with Crippen LogP contribution < -0.4 is 0 Å². The van der Waals surface area contributed by atoms with Gasteiger partial charge in [-0.1, -0.05) is 0 Å². The molecule has 0 spiro atoms. The Morgan fingerprint density at radius 2 is 1.67 bits per heavy atom. The minimum absolute atomic E-state index is 0.309. The highest BCUT2D eigenvalue weighted by atomic mass is 28.2. The zero-order valence-electron chi connectivity index (χ0n) is 12.8. The number of ether oxygens (including phenoxy) is 3. The Balaban J connectivity index is 3.55. The molecule has 0 unspecified atom stereocenters. The van der Waals surface area contributed by atoms with Gasteiger partial charge in [-0.15, -0.1) is 0 Å². The van der Waals surface area contributed by atoms with Crippen molar-refractivity contribution >= 4 is 9.52 Å². The van der Waals surface area contributed by atoms with Crippen LogP contribution in [-0.2, 0) is 14.2 Å². The van der Waals surface area contributed by atoms with E-state index in [0.717, 1.165) is 32.2 Å². The van der Waals surface area contributed by atoms with E-state index in [2.05, 4.69) is 25.9 Å². The molecule has 0 aromatic rings. The molecule has 0 heterocycles. The lowest BCUT2D eigenvalue weighted by Crippen LogP contribution is -2.39. The summed E-state index contributed by atoms with van der Waals surface area (Å²) in [6.07, 6.45) is 1.10. The first-order valence-electron chi connectivity index (χ1n) is 7.04. The highest BCUT2D eigenvalue weighted by molar-refractivity contribution is 6.38. The quantitative estimate of drug-likeness (QED) is 0.305. The van der Waals surface area contributed by atoms with E-state index in [9.17, 15) is 0 Å². The topological polar surface area (TPSA) is 30.9 Å². The predicted octanol–water partition coefficient (Wildman–Crippen LogP) is 1.29. The Kier molecular flexibility index (Phi) is 11.0. The van der Waals surface area contributed by atoms with Gasteiger partial charge in [0, 0.05) is 26.4 Å². The lowest BCUT2D eigenvalue weighted by Gasteiger charge is -2.29. The van der Waals surface area contributed by atoms with Gasteiger partial charge in [-0.05, 0) is 53.9 Å². The van der Waals surface area contributed by atoms with Crippen LogP contribution in [0.5, 0.6) is 0 Å². The first-order chi connectivity index (χ1) is 8.54. The standard InChI is InChI=1S/C13H31NO3Si/c1-6-16-13(3,17-7-2)18-12-11-15-10-8-9-14(4)5/h6-12,18H2,1-5H3. The van der Waals surface area contributed by atoms with Crippen LogP contribution in [0.4, 0.5) is 0 Å². The molecule has 18 heavy (non-hydrogen) atoms. The van der Waals surface area contributed by atoms with Gasteiger partial charge in [-0.25, -0.2) is 0 Å². The fourth-order valence-corrected chi connectivity index (χ4v) is 3.56. The molecule has 0 N–H and O–H groups in total. The number of rotatable bonds is 12. The van der Waals surface area contributed by atoms with Crippen LogP contribution >= 0.6 is 0 Å². The minimum atomic E-state index is -0.423. The van der Waals surface area contributed by atoms with Crippen molar-refractivity contribution in [2.75, 3.05) is 47.1 Å². The molecule has 5 heteroatoms. The predicted molar refractivity (Wildman–Crippen MR) is 79.0 cm³/mol. The summed E-state index contributed by atoms with van der Waals surface area (Å²) in [6.45, 7) is 10.3. The largest absolute Gasteiger partial charge is 0.382 e. The average Bonchev–Trinajstić information content (AvgIpc) is 2.28. The Morgan fingerprint density at radius 3 is 2.17 bits per heavy atom. The molecule has 0 aliphatic carbocycles. The van der Waals surface area contributed by atoms with E-state index < -0.39 is 9.52 Å². The molecule has 0 aromatic carbocycles. The van der Waals surface area contributed by atoms with Crippen LogP contribution in [0, 0.1) is 0 Å². The summed E-state index contributed by atoms with van der Waals surface area (Å²) in [5.41, 5.74) is -0.309. The number of hydrogen-bond donors (Lipinski definition) is 0. The maximum absolute atomic E-state index is 5.71. The van der Waals surface area contributed by atoms with Gasteiger partial charge in [0.05, 0.1) is 9.52 Å². The summed E-state index contributed by atoms with van der Waals surface area (Å²) >= 11 is 0. The van der Waals surface area contributed by atoms with Crippen LogP contribution in [-0.4, -0.2) is 66.9 Å². The zero-order chi connectivity index (χ0) is 13.9. The normalized spacial score (nSPS) is 13.0. The van der Waals surface area contributed by atoms with Gasteiger partial charge in [0.2, 0.25) is 0 Å². The molecule has 0 aromatic heterocycles. The van der Waals surface area contributed by atoms with Gasteiger partial charge in [-0.3, -0.25) is 0 Å². The summed E-state index contributed by atoms with van der Waals surface area (Å²) < 4.78 is 17.0. The van der Waals surface area contributed by atoms with Gasteiger partial charge < -0.3 is 19.1 Å². The van der Waals surface area contributed by atoms with E-state index in [1.807, 2.05) is 13.8 Å². The van der Waals surface area contributed by atoms with Gasteiger partial charge >= 0.3 is 0 Å². The van der Waals surface area contributed by atoms with Crippen molar-refractivity contribution in [3.63, 3.8) is 0 Å². The second-order valence-electron chi connectivity index (χ2n) is 4.87. The number of nitrogens with zero attached hydrogens (tertiary/aromatic N) is 1. The maximum Gasteiger partial charge on any atom is 0.142 e. The Labute approximate surface area is 115 Å². The van der Waals surface area contributed by atoms with Crippen LogP contribution in [0.2, 0.25) is 6.04 Å². The van der Waals surface area contributed by atoms with Crippen molar-refractivity contribution < 1.29 is 14.2 Å². The summed E-state index contributed by atoms with van der Waals surface area (Å²) in [5.74, 6) is 0. The third-order valence-corrected chi connectivity index (χ3v) is 4.67. The van der Waals surface area contributed by atoms with Crippen LogP contribution in [0.3, 0.4) is 0 Å². The van der Waals surface area contributed by atoms with Crippen molar-refractivity contribution in [1.29, 1.82) is 0 Å². The molecule has 0 radical (unpaired) electrons. The average molecular weight is 277 g/mol. The smallest absolute Gasteiger partial charge is 0.142 e. The van der Waals surface area contributed by atoms with Crippen LogP contribution in [0.15, 0.2) is 0 Å². The first-order valence-corrected chi connectivity index (χ1v) is 8.75. The zero-order valence-corrected chi connectivity index (χ0v) is 14.2. The summed E-state index contributed by atoms with van der Waals surface area (Å²) in [6, 6.07) is 1.11. The second-order valence-corrected chi connectivity index (χ2v) is 7.36. The van der Waals surface area contributed by atoms with Crippen molar-refractivity contribution in [3.05, 3.63) is 0 Å². The highest BCUT2D eigenvalue weighted by Crippen LogP contribution is 2.12.